The van der Waals surface area contributed by atoms with Crippen LogP contribution in [-0.4, -0.2) is 49.6 Å². The van der Waals surface area contributed by atoms with Gasteiger partial charge in [0.2, 0.25) is 5.91 Å². The standard InChI is InChI=1S/C23H27FN2O3/c1-28-16-9-10-18(22(14-16)29-2)21-8-5-12-26(21)23(27)15-25-13-11-20(25)17-6-3-4-7-19(17)24/h3-4,6-7,9-10,14,20-21H,5,8,11-13,15H2,1-2H3/t20-,21-/m1/s1. The number of likely N-dealkylation sites (tertiary alicyclic amines) is 2. The molecule has 2 aromatic rings. The van der Waals surface area contributed by atoms with Crippen molar-refractivity contribution in [1.82, 2.24) is 9.80 Å². The molecule has 0 aliphatic carbocycles. The Kier molecular flexibility index (Phi) is 5.72. The van der Waals surface area contributed by atoms with Gasteiger partial charge in [0.1, 0.15) is 17.3 Å². The van der Waals surface area contributed by atoms with Crippen molar-refractivity contribution in [3.05, 3.63) is 59.4 Å². The van der Waals surface area contributed by atoms with Crippen LogP contribution in [0.15, 0.2) is 42.5 Å². The number of hydrogen-bond acceptors (Lipinski definition) is 4. The Hall–Kier alpha value is -2.60. The lowest BCUT2D eigenvalue weighted by molar-refractivity contribution is -0.135. The quantitative estimate of drug-likeness (QED) is 0.739. The predicted molar refractivity (Wildman–Crippen MR) is 109 cm³/mol. The van der Waals surface area contributed by atoms with Crippen molar-refractivity contribution in [2.45, 2.75) is 31.3 Å². The van der Waals surface area contributed by atoms with Gasteiger partial charge in [0.25, 0.3) is 0 Å². The van der Waals surface area contributed by atoms with Gasteiger partial charge in [0.15, 0.2) is 0 Å². The van der Waals surface area contributed by atoms with Gasteiger partial charge in [-0.15, -0.1) is 0 Å². The fraction of sp³-hybridized carbons (Fsp3) is 0.435. The monoisotopic (exact) mass is 398 g/mol. The van der Waals surface area contributed by atoms with E-state index in [-0.39, 0.29) is 23.8 Å². The van der Waals surface area contributed by atoms with Crippen molar-refractivity contribution in [1.29, 1.82) is 0 Å². The Balaban J connectivity index is 1.48. The van der Waals surface area contributed by atoms with Crippen LogP contribution in [0.3, 0.4) is 0 Å². The van der Waals surface area contributed by atoms with Crippen LogP contribution >= 0.6 is 0 Å². The smallest absolute Gasteiger partial charge is 0.237 e. The van der Waals surface area contributed by atoms with Crippen molar-refractivity contribution >= 4 is 5.91 Å². The summed E-state index contributed by atoms with van der Waals surface area (Å²) in [5.41, 5.74) is 1.69. The summed E-state index contributed by atoms with van der Waals surface area (Å²) in [7, 11) is 3.26. The molecule has 0 bridgehead atoms. The van der Waals surface area contributed by atoms with E-state index in [1.54, 1.807) is 20.3 Å². The Morgan fingerprint density at radius 2 is 1.86 bits per heavy atom. The summed E-state index contributed by atoms with van der Waals surface area (Å²) in [6.45, 7) is 1.86. The molecule has 154 valence electrons. The Bertz CT molecular complexity index is 888. The largest absolute Gasteiger partial charge is 0.497 e. The molecule has 0 saturated carbocycles. The zero-order chi connectivity index (χ0) is 20.4. The van der Waals surface area contributed by atoms with E-state index in [0.29, 0.717) is 12.1 Å². The second-order valence-electron chi connectivity index (χ2n) is 7.65. The molecule has 2 fully saturated rings. The summed E-state index contributed by atoms with van der Waals surface area (Å²) in [5.74, 6) is 1.36. The molecule has 0 radical (unpaired) electrons. The average Bonchev–Trinajstić information content (AvgIpc) is 3.22. The van der Waals surface area contributed by atoms with Crippen molar-refractivity contribution in [3.63, 3.8) is 0 Å². The summed E-state index contributed by atoms with van der Waals surface area (Å²) < 4.78 is 25.0. The Morgan fingerprint density at radius 1 is 1.03 bits per heavy atom. The molecule has 6 heteroatoms. The van der Waals surface area contributed by atoms with Gasteiger partial charge in [-0.1, -0.05) is 18.2 Å². The van der Waals surface area contributed by atoms with Gasteiger partial charge in [0.05, 0.1) is 26.8 Å². The lowest BCUT2D eigenvalue weighted by atomic mass is 9.94. The van der Waals surface area contributed by atoms with Crippen LogP contribution in [0.1, 0.15) is 42.5 Å². The van der Waals surface area contributed by atoms with E-state index >= 15 is 0 Å². The second-order valence-corrected chi connectivity index (χ2v) is 7.65. The van der Waals surface area contributed by atoms with Crippen molar-refractivity contribution in [2.75, 3.05) is 33.9 Å². The third-order valence-corrected chi connectivity index (χ3v) is 6.11. The highest BCUT2D eigenvalue weighted by Crippen LogP contribution is 2.40. The van der Waals surface area contributed by atoms with Gasteiger partial charge >= 0.3 is 0 Å². The molecule has 2 aliphatic heterocycles. The number of carbonyl (C=O) groups excluding carboxylic acids is 1. The molecule has 2 heterocycles. The summed E-state index contributed by atoms with van der Waals surface area (Å²) in [4.78, 5) is 17.2. The van der Waals surface area contributed by atoms with Gasteiger partial charge in [0, 0.05) is 36.3 Å². The van der Waals surface area contributed by atoms with E-state index in [1.165, 1.54) is 6.07 Å². The zero-order valence-electron chi connectivity index (χ0n) is 16.9. The Morgan fingerprint density at radius 3 is 2.55 bits per heavy atom. The van der Waals surface area contributed by atoms with Crippen LogP contribution in [-0.2, 0) is 4.79 Å². The second kappa shape index (κ2) is 8.41. The highest BCUT2D eigenvalue weighted by molar-refractivity contribution is 5.79. The van der Waals surface area contributed by atoms with Crippen molar-refractivity contribution in [2.24, 2.45) is 0 Å². The van der Waals surface area contributed by atoms with Gasteiger partial charge < -0.3 is 14.4 Å². The summed E-state index contributed by atoms with van der Waals surface area (Å²) in [5, 5.41) is 0. The molecule has 0 spiro atoms. The summed E-state index contributed by atoms with van der Waals surface area (Å²) >= 11 is 0. The first-order valence-electron chi connectivity index (χ1n) is 10.1. The number of rotatable bonds is 6. The van der Waals surface area contributed by atoms with Gasteiger partial charge in [-0.05, 0) is 37.5 Å². The maximum Gasteiger partial charge on any atom is 0.237 e. The molecule has 4 rings (SSSR count). The summed E-state index contributed by atoms with van der Waals surface area (Å²) in [6.07, 6.45) is 2.75. The van der Waals surface area contributed by atoms with Crippen molar-refractivity contribution < 1.29 is 18.7 Å². The molecule has 2 saturated heterocycles. The van der Waals surface area contributed by atoms with Gasteiger partial charge in [-0.3, -0.25) is 9.69 Å². The average molecular weight is 398 g/mol. The fourth-order valence-corrected chi connectivity index (χ4v) is 4.47. The normalized spacial score (nSPS) is 21.7. The molecule has 2 aliphatic rings. The predicted octanol–water partition coefficient (Wildman–Crippen LogP) is 3.95. The molecular formula is C23H27FN2O3. The highest BCUT2D eigenvalue weighted by Gasteiger charge is 2.37. The number of amides is 1. The molecule has 2 aromatic carbocycles. The minimum atomic E-state index is -0.198. The first kappa shape index (κ1) is 19.7. The van der Waals surface area contributed by atoms with E-state index in [0.717, 1.165) is 49.4 Å². The first-order valence-corrected chi connectivity index (χ1v) is 10.1. The molecule has 0 aromatic heterocycles. The number of carbonyl (C=O) groups is 1. The number of nitrogens with zero attached hydrogens (tertiary/aromatic N) is 2. The van der Waals surface area contributed by atoms with E-state index < -0.39 is 0 Å². The summed E-state index contributed by atoms with van der Waals surface area (Å²) in [6, 6.07) is 12.6. The topological polar surface area (TPSA) is 42.0 Å². The third kappa shape index (κ3) is 3.81. The first-order chi connectivity index (χ1) is 14.1. The number of benzene rings is 2. The van der Waals surface area contributed by atoms with E-state index in [4.69, 9.17) is 9.47 Å². The van der Waals surface area contributed by atoms with Crippen LogP contribution in [0.2, 0.25) is 0 Å². The number of halogens is 1. The molecule has 1 amide bonds. The molecule has 29 heavy (non-hydrogen) atoms. The highest BCUT2D eigenvalue weighted by atomic mass is 19.1. The fourth-order valence-electron chi connectivity index (χ4n) is 4.47. The number of ether oxygens (including phenoxy) is 2. The molecule has 5 nitrogen and oxygen atoms in total. The van der Waals surface area contributed by atoms with Crippen LogP contribution in [0.5, 0.6) is 11.5 Å². The molecule has 2 atom stereocenters. The van der Waals surface area contributed by atoms with Crippen molar-refractivity contribution in [3.8, 4) is 11.5 Å². The lowest BCUT2D eigenvalue weighted by Gasteiger charge is -2.42. The van der Waals surface area contributed by atoms with Crippen LogP contribution < -0.4 is 9.47 Å². The lowest BCUT2D eigenvalue weighted by Crippen LogP contribution is -2.48. The maximum absolute atomic E-state index is 14.2. The van der Waals surface area contributed by atoms with E-state index in [1.807, 2.05) is 35.2 Å². The SMILES string of the molecule is COc1ccc([C@H]2CCCN2C(=O)CN2CC[C@@H]2c2ccccc2F)c(OC)c1. The Labute approximate surface area is 171 Å². The van der Waals surface area contributed by atoms with Crippen LogP contribution in [0.25, 0.3) is 0 Å². The zero-order valence-corrected chi connectivity index (χ0v) is 16.9. The van der Waals surface area contributed by atoms with Gasteiger partial charge in [-0.2, -0.15) is 0 Å². The molecular weight excluding hydrogens is 371 g/mol. The minimum absolute atomic E-state index is 0.00320. The van der Waals surface area contributed by atoms with Gasteiger partial charge in [-0.25, -0.2) is 4.39 Å². The van der Waals surface area contributed by atoms with Crippen LogP contribution in [0, 0.1) is 5.82 Å². The maximum atomic E-state index is 14.2. The molecule has 0 N–H and O–H groups in total. The van der Waals surface area contributed by atoms with Crippen LogP contribution in [0.4, 0.5) is 4.39 Å². The number of hydrogen-bond donors (Lipinski definition) is 0. The molecule has 0 unspecified atom stereocenters. The van der Waals surface area contributed by atoms with E-state index in [9.17, 15) is 9.18 Å². The minimum Gasteiger partial charge on any atom is -0.497 e. The number of methoxy groups -OCH3 is 2. The third-order valence-electron chi connectivity index (χ3n) is 6.11. The van der Waals surface area contributed by atoms with E-state index in [2.05, 4.69) is 4.90 Å².